The zero-order valence-electron chi connectivity index (χ0n) is 36.2. The Hall–Kier alpha value is -1.22. The minimum absolute atomic E-state index is 0.298. The molecule has 55 heavy (non-hydrogen) atoms. The van der Waals surface area contributed by atoms with Crippen molar-refractivity contribution in [3.63, 3.8) is 0 Å². The molecule has 0 bridgehead atoms. The van der Waals surface area contributed by atoms with E-state index in [0.717, 1.165) is 57.8 Å². The van der Waals surface area contributed by atoms with Crippen molar-refractivity contribution in [2.75, 3.05) is 5.75 Å². The lowest BCUT2D eigenvalue weighted by atomic mass is 10.0. The second-order valence-corrected chi connectivity index (χ2v) is 18.0. The van der Waals surface area contributed by atoms with Crippen LogP contribution in [0.5, 0.6) is 0 Å². The monoisotopic (exact) mass is 798 g/mol. The Morgan fingerprint density at radius 3 is 1.27 bits per heavy atom. The van der Waals surface area contributed by atoms with Gasteiger partial charge in [-0.1, -0.05) is 231 Å². The number of aliphatic hydroxyl groups excluding tert-OH is 2. The molecule has 0 heterocycles. The van der Waals surface area contributed by atoms with Crippen LogP contribution in [0.15, 0.2) is 24.3 Å². The van der Waals surface area contributed by atoms with Crippen LogP contribution in [0, 0.1) is 0 Å². The van der Waals surface area contributed by atoms with Crippen LogP contribution < -0.4 is 5.32 Å². The molecule has 8 heteroatoms. The Balaban J connectivity index is 3.87. The lowest BCUT2D eigenvalue weighted by molar-refractivity contribution is -0.131. The van der Waals surface area contributed by atoms with Gasteiger partial charge in [0.1, 0.15) is 6.10 Å². The number of carbonyl (C=O) groups excluding carboxylic acids is 1. The van der Waals surface area contributed by atoms with Gasteiger partial charge in [-0.2, -0.15) is 8.42 Å². The predicted molar refractivity (Wildman–Crippen MR) is 236 cm³/mol. The van der Waals surface area contributed by atoms with Crippen LogP contribution in [-0.2, 0) is 14.9 Å². The number of hydrogen-bond donors (Lipinski definition) is 4. The number of carbonyl (C=O) groups is 1. The first kappa shape index (κ1) is 53.8. The van der Waals surface area contributed by atoms with Crippen molar-refractivity contribution in [2.24, 2.45) is 0 Å². The number of nitrogens with one attached hydrogen (secondary N) is 1. The Morgan fingerprint density at radius 1 is 0.509 bits per heavy atom. The van der Waals surface area contributed by atoms with Gasteiger partial charge in [-0.3, -0.25) is 9.35 Å². The molecule has 7 nitrogen and oxygen atoms in total. The van der Waals surface area contributed by atoms with Crippen LogP contribution in [0.4, 0.5) is 0 Å². The fraction of sp³-hybridized carbons (Fsp3) is 0.894. The molecule has 0 aromatic rings. The van der Waals surface area contributed by atoms with Gasteiger partial charge in [0, 0.05) is 0 Å². The molecule has 0 rings (SSSR count). The molecule has 3 atom stereocenters. The number of allylic oxidation sites excluding steroid dienone is 4. The standard InChI is InChI=1S/C47H91NO6S/c1-3-5-7-9-11-13-15-17-19-21-23-24-26-28-30-32-34-36-38-40-42-46(50)47(51)48-44(43-55(52,53)54)45(49)41-39-37-35-33-31-29-27-25-22-20-18-16-14-12-10-8-6-4-2/h5,7,11,13,44-46,49-50H,3-4,6,8-10,12,14-43H2,1-2H3,(H,48,51)(H,52,53,54)/b7-5-,13-11-. The summed E-state index contributed by atoms with van der Waals surface area (Å²) in [6.45, 7) is 4.43. The van der Waals surface area contributed by atoms with Crippen molar-refractivity contribution in [1.29, 1.82) is 0 Å². The van der Waals surface area contributed by atoms with Crippen molar-refractivity contribution in [2.45, 2.75) is 263 Å². The van der Waals surface area contributed by atoms with E-state index in [1.54, 1.807) is 0 Å². The third kappa shape index (κ3) is 40.8. The quantitative estimate of drug-likeness (QED) is 0.0277. The summed E-state index contributed by atoms with van der Waals surface area (Å²) >= 11 is 0. The van der Waals surface area contributed by atoms with Gasteiger partial charge in [-0.15, -0.1) is 0 Å². The average molecular weight is 798 g/mol. The summed E-state index contributed by atoms with van der Waals surface area (Å²) in [4.78, 5) is 12.7. The van der Waals surface area contributed by atoms with E-state index in [-0.39, 0.29) is 0 Å². The second-order valence-electron chi connectivity index (χ2n) is 16.5. The molecule has 0 spiro atoms. The van der Waals surface area contributed by atoms with Gasteiger partial charge in [-0.25, -0.2) is 0 Å². The molecule has 326 valence electrons. The summed E-state index contributed by atoms with van der Waals surface area (Å²) in [6, 6.07) is -1.15. The third-order valence-electron chi connectivity index (χ3n) is 11.0. The van der Waals surface area contributed by atoms with Crippen LogP contribution in [0.25, 0.3) is 0 Å². The van der Waals surface area contributed by atoms with E-state index in [2.05, 4.69) is 43.5 Å². The van der Waals surface area contributed by atoms with Gasteiger partial charge in [0.15, 0.2) is 0 Å². The molecule has 0 aliphatic rings. The van der Waals surface area contributed by atoms with Gasteiger partial charge >= 0.3 is 0 Å². The highest BCUT2D eigenvalue weighted by Crippen LogP contribution is 2.17. The normalized spacial score (nSPS) is 13.9. The Labute approximate surface area is 341 Å². The largest absolute Gasteiger partial charge is 0.391 e. The second kappa shape index (κ2) is 41.0. The van der Waals surface area contributed by atoms with Crippen molar-refractivity contribution >= 4 is 16.0 Å². The molecule has 3 unspecified atom stereocenters. The van der Waals surface area contributed by atoms with Crippen LogP contribution >= 0.6 is 0 Å². The van der Waals surface area contributed by atoms with E-state index in [1.165, 1.54) is 154 Å². The number of unbranched alkanes of at least 4 members (excludes halogenated alkanes) is 30. The average Bonchev–Trinajstić information content (AvgIpc) is 3.15. The van der Waals surface area contributed by atoms with Crippen molar-refractivity contribution in [3.05, 3.63) is 24.3 Å². The van der Waals surface area contributed by atoms with Gasteiger partial charge in [-0.05, 0) is 38.5 Å². The van der Waals surface area contributed by atoms with Crippen molar-refractivity contribution in [1.82, 2.24) is 5.32 Å². The molecule has 0 aromatic heterocycles. The zero-order chi connectivity index (χ0) is 40.5. The molecule has 1 amide bonds. The van der Waals surface area contributed by atoms with E-state index in [4.69, 9.17) is 0 Å². The Bertz CT molecular complexity index is 984. The first-order valence-electron chi connectivity index (χ1n) is 23.6. The summed E-state index contributed by atoms with van der Waals surface area (Å²) in [5.41, 5.74) is 0. The summed E-state index contributed by atoms with van der Waals surface area (Å²) < 4.78 is 32.7. The SMILES string of the molecule is CC/C=C\C/C=C\CCCCCCCCCCCCCCCC(O)C(=O)NC(CS(=O)(=O)O)C(O)CCCCCCCCCCCCCCCCCCCC. The molecule has 0 aliphatic carbocycles. The lowest BCUT2D eigenvalue weighted by Crippen LogP contribution is -2.50. The van der Waals surface area contributed by atoms with Crippen LogP contribution in [-0.4, -0.2) is 53.1 Å². The fourth-order valence-electron chi connectivity index (χ4n) is 7.44. The Kier molecular flexibility index (Phi) is 40.0. The summed E-state index contributed by atoms with van der Waals surface area (Å²) in [5.74, 6) is -1.45. The molecule has 0 saturated heterocycles. The fourth-order valence-corrected chi connectivity index (χ4v) is 8.20. The molecular weight excluding hydrogens is 707 g/mol. The van der Waals surface area contributed by atoms with Crippen LogP contribution in [0.1, 0.15) is 245 Å². The topological polar surface area (TPSA) is 124 Å². The van der Waals surface area contributed by atoms with Gasteiger partial charge in [0.05, 0.1) is 17.9 Å². The summed E-state index contributed by atoms with van der Waals surface area (Å²) in [6.07, 6.45) is 49.1. The molecular formula is C47H91NO6S. The van der Waals surface area contributed by atoms with Gasteiger partial charge in [0.2, 0.25) is 5.91 Å². The number of hydrogen-bond acceptors (Lipinski definition) is 5. The smallest absolute Gasteiger partial charge is 0.266 e. The third-order valence-corrected chi connectivity index (χ3v) is 11.8. The summed E-state index contributed by atoms with van der Waals surface area (Å²) in [7, 11) is -4.41. The van der Waals surface area contributed by atoms with E-state index >= 15 is 0 Å². The molecule has 0 saturated carbocycles. The molecule has 0 aliphatic heterocycles. The summed E-state index contributed by atoms with van der Waals surface area (Å²) in [5, 5.41) is 23.7. The van der Waals surface area contributed by atoms with E-state index < -0.39 is 40.0 Å². The highest BCUT2D eigenvalue weighted by atomic mass is 32.2. The van der Waals surface area contributed by atoms with Crippen LogP contribution in [0.2, 0.25) is 0 Å². The van der Waals surface area contributed by atoms with Crippen molar-refractivity contribution in [3.8, 4) is 0 Å². The van der Waals surface area contributed by atoms with Gasteiger partial charge < -0.3 is 15.5 Å². The predicted octanol–water partition coefficient (Wildman–Crippen LogP) is 13.3. The maximum Gasteiger partial charge on any atom is 0.266 e. The van der Waals surface area contributed by atoms with E-state index in [0.29, 0.717) is 19.3 Å². The maximum atomic E-state index is 12.7. The van der Waals surface area contributed by atoms with E-state index in [9.17, 15) is 28.0 Å². The highest BCUT2D eigenvalue weighted by molar-refractivity contribution is 7.85. The van der Waals surface area contributed by atoms with Gasteiger partial charge in [0.25, 0.3) is 10.1 Å². The molecule has 4 N–H and O–H groups in total. The molecule has 0 fully saturated rings. The lowest BCUT2D eigenvalue weighted by Gasteiger charge is -2.24. The van der Waals surface area contributed by atoms with E-state index in [1.807, 2.05) is 0 Å². The number of aliphatic hydroxyl groups is 2. The minimum Gasteiger partial charge on any atom is -0.391 e. The first-order valence-corrected chi connectivity index (χ1v) is 25.2. The highest BCUT2D eigenvalue weighted by Gasteiger charge is 2.28. The van der Waals surface area contributed by atoms with Crippen molar-refractivity contribution < 1.29 is 28.0 Å². The molecule has 0 radical (unpaired) electrons. The number of rotatable bonds is 43. The first-order chi connectivity index (χ1) is 26.7. The number of amides is 1. The minimum atomic E-state index is -4.41. The maximum absolute atomic E-state index is 12.7. The zero-order valence-corrected chi connectivity index (χ0v) is 37.0. The van der Waals surface area contributed by atoms with Crippen LogP contribution in [0.3, 0.4) is 0 Å². The Morgan fingerprint density at radius 2 is 0.873 bits per heavy atom. The molecule has 0 aromatic carbocycles.